The molecule has 1 aliphatic carbocycles. The van der Waals surface area contributed by atoms with Crippen molar-refractivity contribution in [3.05, 3.63) is 0 Å². The Balaban J connectivity index is 1.68. The molecule has 2 heteroatoms. The molecule has 106 valence electrons. The van der Waals surface area contributed by atoms with Gasteiger partial charge in [0.15, 0.2) is 0 Å². The van der Waals surface area contributed by atoms with E-state index < -0.39 is 0 Å². The molecular weight excluding hydrogens is 220 g/mol. The third kappa shape index (κ3) is 4.24. The first-order chi connectivity index (χ1) is 8.79. The molecule has 1 heterocycles. The fraction of sp³-hybridized carbons (Fsp3) is 1.00. The second kappa shape index (κ2) is 7.49. The summed E-state index contributed by atoms with van der Waals surface area (Å²) in [6, 6.07) is 1.62. The van der Waals surface area contributed by atoms with Crippen LogP contribution in [0.25, 0.3) is 0 Å². The maximum atomic E-state index is 3.68. The van der Waals surface area contributed by atoms with Gasteiger partial charge < -0.3 is 10.2 Å². The largest absolute Gasteiger partial charge is 0.313 e. The first kappa shape index (κ1) is 14.3. The standard InChI is InChI=1S/C16H32N2/c1-3-6-14-8-10-16(11-9-14)18(2)13-15-7-4-5-12-17-15/h14-17H,3-13H2,1-2H3. The topological polar surface area (TPSA) is 15.3 Å². The smallest absolute Gasteiger partial charge is 0.0195 e. The number of hydrogen-bond donors (Lipinski definition) is 1. The van der Waals surface area contributed by atoms with E-state index in [-0.39, 0.29) is 0 Å². The molecule has 1 aliphatic heterocycles. The van der Waals surface area contributed by atoms with Gasteiger partial charge in [-0.15, -0.1) is 0 Å². The van der Waals surface area contributed by atoms with Gasteiger partial charge in [-0.1, -0.05) is 26.2 Å². The van der Waals surface area contributed by atoms with Crippen molar-refractivity contribution in [1.29, 1.82) is 0 Å². The summed E-state index contributed by atoms with van der Waals surface area (Å²) in [4.78, 5) is 2.64. The van der Waals surface area contributed by atoms with Crippen LogP contribution in [-0.4, -0.2) is 37.1 Å². The average Bonchev–Trinajstić information content (AvgIpc) is 2.41. The van der Waals surface area contributed by atoms with Crippen LogP contribution in [0, 0.1) is 5.92 Å². The Kier molecular flexibility index (Phi) is 5.97. The molecule has 2 fully saturated rings. The summed E-state index contributed by atoms with van der Waals surface area (Å²) in [5.41, 5.74) is 0. The SMILES string of the molecule is CCCC1CCC(N(C)CC2CCCCN2)CC1. The number of likely N-dealkylation sites (N-methyl/N-ethyl adjacent to an activating group) is 1. The molecule has 2 nitrogen and oxygen atoms in total. The molecule has 1 saturated carbocycles. The van der Waals surface area contributed by atoms with Crippen molar-refractivity contribution in [2.24, 2.45) is 5.92 Å². The van der Waals surface area contributed by atoms with Crippen LogP contribution >= 0.6 is 0 Å². The molecule has 0 spiro atoms. The quantitative estimate of drug-likeness (QED) is 0.806. The van der Waals surface area contributed by atoms with Crippen LogP contribution in [0.4, 0.5) is 0 Å². The lowest BCUT2D eigenvalue weighted by molar-refractivity contribution is 0.143. The summed E-state index contributed by atoms with van der Waals surface area (Å²) < 4.78 is 0. The monoisotopic (exact) mass is 252 g/mol. The molecule has 0 radical (unpaired) electrons. The van der Waals surface area contributed by atoms with E-state index in [4.69, 9.17) is 0 Å². The Hall–Kier alpha value is -0.0800. The van der Waals surface area contributed by atoms with Gasteiger partial charge in [0.05, 0.1) is 0 Å². The van der Waals surface area contributed by atoms with Crippen molar-refractivity contribution in [2.75, 3.05) is 20.1 Å². The second-order valence-electron chi connectivity index (χ2n) is 6.55. The van der Waals surface area contributed by atoms with Gasteiger partial charge in [-0.2, -0.15) is 0 Å². The zero-order chi connectivity index (χ0) is 12.8. The van der Waals surface area contributed by atoms with Crippen molar-refractivity contribution in [2.45, 2.75) is 76.8 Å². The normalized spacial score (nSPS) is 33.8. The summed E-state index contributed by atoms with van der Waals surface area (Å²) in [7, 11) is 2.35. The highest BCUT2D eigenvalue weighted by atomic mass is 15.2. The Labute approximate surface area is 114 Å². The van der Waals surface area contributed by atoms with E-state index in [1.807, 2.05) is 0 Å². The molecule has 0 aromatic rings. The number of nitrogens with zero attached hydrogens (tertiary/aromatic N) is 1. The van der Waals surface area contributed by atoms with Gasteiger partial charge in [-0.25, -0.2) is 0 Å². The van der Waals surface area contributed by atoms with Gasteiger partial charge >= 0.3 is 0 Å². The van der Waals surface area contributed by atoms with Crippen molar-refractivity contribution >= 4 is 0 Å². The van der Waals surface area contributed by atoms with Gasteiger partial charge in [0, 0.05) is 18.6 Å². The van der Waals surface area contributed by atoms with E-state index in [2.05, 4.69) is 24.2 Å². The third-order valence-corrected chi connectivity index (χ3v) is 5.06. The van der Waals surface area contributed by atoms with E-state index in [0.717, 1.165) is 18.0 Å². The van der Waals surface area contributed by atoms with Crippen LogP contribution in [0.15, 0.2) is 0 Å². The zero-order valence-corrected chi connectivity index (χ0v) is 12.5. The van der Waals surface area contributed by atoms with Crippen molar-refractivity contribution in [1.82, 2.24) is 10.2 Å². The highest BCUT2D eigenvalue weighted by Gasteiger charge is 2.25. The predicted octanol–water partition coefficient (Wildman–Crippen LogP) is 3.42. The van der Waals surface area contributed by atoms with Gasteiger partial charge in [0.25, 0.3) is 0 Å². The van der Waals surface area contributed by atoms with Crippen LogP contribution in [0.2, 0.25) is 0 Å². The Morgan fingerprint density at radius 2 is 1.83 bits per heavy atom. The van der Waals surface area contributed by atoms with Crippen LogP contribution in [0.3, 0.4) is 0 Å². The summed E-state index contributed by atoms with van der Waals surface area (Å²) >= 11 is 0. The summed E-state index contributed by atoms with van der Waals surface area (Å²) in [6.45, 7) is 4.83. The highest BCUT2D eigenvalue weighted by molar-refractivity contribution is 4.82. The third-order valence-electron chi connectivity index (χ3n) is 5.06. The molecule has 0 aromatic carbocycles. The first-order valence-electron chi connectivity index (χ1n) is 8.23. The van der Waals surface area contributed by atoms with Crippen LogP contribution in [0.1, 0.15) is 64.7 Å². The van der Waals surface area contributed by atoms with E-state index >= 15 is 0 Å². The van der Waals surface area contributed by atoms with Crippen molar-refractivity contribution in [3.8, 4) is 0 Å². The predicted molar refractivity (Wildman–Crippen MR) is 78.9 cm³/mol. The molecule has 18 heavy (non-hydrogen) atoms. The Bertz CT molecular complexity index is 215. The van der Waals surface area contributed by atoms with Gasteiger partial charge in [-0.05, 0) is 58.0 Å². The maximum absolute atomic E-state index is 3.68. The van der Waals surface area contributed by atoms with Crippen LogP contribution < -0.4 is 5.32 Å². The first-order valence-corrected chi connectivity index (χ1v) is 8.23. The average molecular weight is 252 g/mol. The lowest BCUT2D eigenvalue weighted by Gasteiger charge is -2.37. The minimum absolute atomic E-state index is 0.761. The molecule has 0 aromatic heterocycles. The van der Waals surface area contributed by atoms with Crippen LogP contribution in [0.5, 0.6) is 0 Å². The molecule has 0 amide bonds. The second-order valence-corrected chi connectivity index (χ2v) is 6.55. The molecule has 2 aliphatic rings. The van der Waals surface area contributed by atoms with Gasteiger partial charge in [0.1, 0.15) is 0 Å². The number of piperidine rings is 1. The van der Waals surface area contributed by atoms with Gasteiger partial charge in [0.2, 0.25) is 0 Å². The molecular formula is C16H32N2. The van der Waals surface area contributed by atoms with Crippen LogP contribution in [-0.2, 0) is 0 Å². The lowest BCUT2D eigenvalue weighted by atomic mass is 9.83. The molecule has 1 atom stereocenters. The number of rotatable bonds is 5. The summed E-state index contributed by atoms with van der Waals surface area (Å²) in [5.74, 6) is 1.03. The lowest BCUT2D eigenvalue weighted by Crippen LogP contribution is -2.46. The van der Waals surface area contributed by atoms with Crippen molar-refractivity contribution in [3.63, 3.8) is 0 Å². The fourth-order valence-corrected chi connectivity index (χ4v) is 3.86. The van der Waals surface area contributed by atoms with E-state index in [9.17, 15) is 0 Å². The molecule has 1 saturated heterocycles. The van der Waals surface area contributed by atoms with E-state index in [1.165, 1.54) is 70.9 Å². The summed E-state index contributed by atoms with van der Waals surface area (Å²) in [6.07, 6.45) is 12.8. The molecule has 0 bridgehead atoms. The van der Waals surface area contributed by atoms with Gasteiger partial charge in [-0.3, -0.25) is 0 Å². The molecule has 1 N–H and O–H groups in total. The van der Waals surface area contributed by atoms with E-state index in [0.29, 0.717) is 0 Å². The highest BCUT2D eigenvalue weighted by Crippen LogP contribution is 2.30. The Morgan fingerprint density at radius 3 is 2.44 bits per heavy atom. The number of hydrogen-bond acceptors (Lipinski definition) is 2. The summed E-state index contributed by atoms with van der Waals surface area (Å²) in [5, 5.41) is 3.68. The molecule has 2 rings (SSSR count). The van der Waals surface area contributed by atoms with E-state index in [1.54, 1.807) is 0 Å². The maximum Gasteiger partial charge on any atom is 0.0195 e. The number of nitrogens with one attached hydrogen (secondary N) is 1. The fourth-order valence-electron chi connectivity index (χ4n) is 3.86. The minimum Gasteiger partial charge on any atom is -0.313 e. The molecule has 1 unspecified atom stereocenters. The van der Waals surface area contributed by atoms with Crippen molar-refractivity contribution < 1.29 is 0 Å². The Morgan fingerprint density at radius 1 is 1.06 bits per heavy atom. The minimum atomic E-state index is 0.761. The zero-order valence-electron chi connectivity index (χ0n) is 12.5.